The van der Waals surface area contributed by atoms with Gasteiger partial charge in [0.15, 0.2) is 37.7 Å². The Balaban J connectivity index is 0.935. The summed E-state index contributed by atoms with van der Waals surface area (Å²) in [6.45, 7) is 2.37. The molecule has 140 heavy (non-hydrogen) atoms. The molecule has 49 heteroatoms. The van der Waals surface area contributed by atoms with Crippen LogP contribution in [0.4, 0.5) is 0 Å². The third-order valence-electron chi connectivity index (χ3n) is 22.7. The summed E-state index contributed by atoms with van der Waals surface area (Å²) in [5, 5.41) is 36.2. The molecule has 0 spiro atoms. The van der Waals surface area contributed by atoms with Crippen molar-refractivity contribution < 1.29 is 148 Å². The number of rotatable bonds is 47. The van der Waals surface area contributed by atoms with E-state index in [-0.39, 0.29) is 46.2 Å². The average molecular weight is 1950 g/mol. The molecule has 0 aliphatic carbocycles. The second-order valence-corrected chi connectivity index (χ2v) is 32.6. The molecule has 6 aromatic rings. The molecule has 1 N–H and O–H groups in total. The molecule has 0 saturated carbocycles. The van der Waals surface area contributed by atoms with Gasteiger partial charge in [-0.25, -0.2) is 0 Å². The van der Waals surface area contributed by atoms with Gasteiger partial charge >= 0.3 is 35.8 Å². The molecule has 746 valence electrons. The highest BCUT2D eigenvalue weighted by Gasteiger charge is 2.62. The first-order valence-electron chi connectivity index (χ1n) is 44.4. The topological polar surface area (TPSA) is 637 Å². The largest absolute Gasteiger partial charge is 0.459 e. The second kappa shape index (κ2) is 54.1. The van der Waals surface area contributed by atoms with E-state index in [1.54, 1.807) is 182 Å². The number of aliphatic hydroxyl groups is 1. The van der Waals surface area contributed by atoms with Gasteiger partial charge in [-0.15, -0.1) is 0 Å². The fraction of sp³-hybridized carbons (Fsp3) is 0.538. The van der Waals surface area contributed by atoms with Gasteiger partial charge < -0.3 is 119 Å². The first-order valence-corrected chi connectivity index (χ1v) is 44.4. The van der Waals surface area contributed by atoms with Crippen molar-refractivity contribution in [2.24, 2.45) is 30.7 Å². The SMILES string of the molecule is CO[C@H]1O[C@H](COCc2ccccc2)[C@H](O[C@H]2O[C@H](COCc3ccccc3)[C@H](O[C@H]3O[C@H](COCc4ccccc4)[C@H](O[C@H]4O[C@H](COCc5ccccc5)[C@H](O[C@H]5O[C@H](COCc6ccccc6)[C@H](O[C@H]6O[C@H](COCc7ccccc7)[C@H](O)[C@H](OC(C)=O)[C@H]6N=[N+]=[N-])[C@H](OC(C)=O)[C@H]5N=[N+]=[N-])[C@H](OC(C)=O)[C@H]4N=[N+]=[N-])[C@H](OC(C)=O)[C@H]3N=[N+]=[N-])[C@H](OC(C)=O)[C@H]2N=[N+]=[N-])[C@H](OC(C)=O)[C@H]1N=[N+]=[N-]. The number of hydrogen-bond acceptors (Lipinski definition) is 37. The lowest BCUT2D eigenvalue weighted by Gasteiger charge is -2.51. The predicted octanol–water partition coefficient (Wildman–Crippen LogP) is 11.2. The standard InChI is InChI=1S/C91H106N18O31/c1-50(110)124-80-68(98-104-92)87(130-62(74(80)116)44-118-38-56-26-14-8-15-27-56)136-76-64(46-120-40-58-30-18-10-19-31-58)132-89(70(100-106-94)82(76)126-52(3)112)138-78-66(48-122-42-60-34-22-12-23-35-60)134-91(72(102-108-96)84(78)128-54(5)114)140-79-67(49-123-43-61-36-24-13-25-37-61)135-90(73(103-109-97)85(79)129-55(6)115)139-77-65(47-121-41-59-32-20-11-21-33-59)133-88(71(101-107-95)83(77)127-53(4)113)137-75-63(45-119-39-57-28-16-9-17-29-57)131-86(117-7)69(99-105-93)81(75)125-51(2)111/h8-37,62-91,116H,38-49H2,1-7H3/t62-,63-,64-,65-,66-,67-,68-,69-,70-,71-,72-,73-,74+,75+,76+,77+,78+,79+,80-,81-,82-,83-,84-,85-,86+,87-,88-,89-,90-,91-/m1/s1. The van der Waals surface area contributed by atoms with E-state index in [9.17, 15) is 67.1 Å². The molecule has 0 aromatic heterocycles. The Labute approximate surface area is 800 Å². The number of esters is 6. The van der Waals surface area contributed by atoms with Crippen molar-refractivity contribution in [3.8, 4) is 0 Å². The molecule has 49 nitrogen and oxygen atoms in total. The van der Waals surface area contributed by atoms with Crippen LogP contribution < -0.4 is 0 Å². The molecule has 6 aliphatic rings. The summed E-state index contributed by atoms with van der Waals surface area (Å²) in [6.07, 6.45) is -43.1. The maximum absolute atomic E-state index is 14.2. The minimum absolute atomic E-state index is 0.000530. The van der Waals surface area contributed by atoms with E-state index in [0.29, 0.717) is 22.3 Å². The number of nitrogens with zero attached hydrogens (tertiary/aromatic N) is 18. The summed E-state index contributed by atoms with van der Waals surface area (Å²) in [7, 11) is 1.25. The van der Waals surface area contributed by atoms with Gasteiger partial charge in [-0.3, -0.25) is 28.8 Å². The summed E-state index contributed by atoms with van der Waals surface area (Å²) in [6, 6.07) is 41.6. The van der Waals surface area contributed by atoms with Crippen molar-refractivity contribution in [2.75, 3.05) is 46.8 Å². The highest BCUT2D eigenvalue weighted by atomic mass is 16.8. The van der Waals surface area contributed by atoms with Crippen LogP contribution in [0.15, 0.2) is 213 Å². The summed E-state index contributed by atoms with van der Waals surface area (Å²) in [5.41, 5.74) is 67.4. The summed E-state index contributed by atoms with van der Waals surface area (Å²) >= 11 is 0. The van der Waals surface area contributed by atoms with Crippen molar-refractivity contribution >= 4 is 35.8 Å². The molecule has 6 fully saturated rings. The molecule has 0 amide bonds. The Morgan fingerprint density at radius 3 is 0.607 bits per heavy atom. The molecule has 6 aliphatic heterocycles. The fourth-order valence-electron chi connectivity index (χ4n) is 16.8. The third-order valence-corrected chi connectivity index (χ3v) is 22.7. The highest BCUT2D eigenvalue weighted by molar-refractivity contribution is 5.68. The van der Waals surface area contributed by atoms with E-state index in [4.69, 9.17) is 114 Å². The van der Waals surface area contributed by atoms with Crippen LogP contribution in [0.25, 0.3) is 62.7 Å². The number of carbonyl (C=O) groups excluding carboxylic acids is 6. The molecule has 0 bridgehead atoms. The van der Waals surface area contributed by atoms with Gasteiger partial charge in [-0.05, 0) is 66.6 Å². The smallest absolute Gasteiger partial charge is 0.303 e. The van der Waals surface area contributed by atoms with Crippen LogP contribution in [-0.4, -0.2) is 272 Å². The van der Waals surface area contributed by atoms with Crippen LogP contribution in [0.3, 0.4) is 0 Å². The van der Waals surface area contributed by atoms with Crippen LogP contribution in [0, 0.1) is 0 Å². The number of ether oxygens (including phenoxy) is 24. The quantitative estimate of drug-likeness (QED) is 0.0122. The number of aliphatic hydroxyl groups excluding tert-OH is 1. The van der Waals surface area contributed by atoms with Crippen molar-refractivity contribution in [1.29, 1.82) is 0 Å². The maximum Gasteiger partial charge on any atom is 0.303 e. The molecular weight excluding hydrogens is 1840 g/mol. The number of hydrogen-bond donors (Lipinski definition) is 1. The normalized spacial score (nSPS) is 30.7. The van der Waals surface area contributed by atoms with Gasteiger partial charge in [0.2, 0.25) is 0 Å². The monoisotopic (exact) mass is 1950 g/mol. The Hall–Kier alpha value is -12.8. The Morgan fingerprint density at radius 1 is 0.257 bits per heavy atom. The number of azide groups is 6. The van der Waals surface area contributed by atoms with E-state index in [1.165, 1.54) is 7.11 Å². The van der Waals surface area contributed by atoms with E-state index in [2.05, 4.69) is 60.2 Å². The Kier molecular flexibility index (Phi) is 41.0. The predicted molar refractivity (Wildman–Crippen MR) is 477 cm³/mol. The van der Waals surface area contributed by atoms with Crippen LogP contribution >= 0.6 is 0 Å². The van der Waals surface area contributed by atoms with Crippen LogP contribution in [0.1, 0.15) is 74.9 Å². The van der Waals surface area contributed by atoms with E-state index in [0.717, 1.165) is 52.7 Å². The average Bonchev–Trinajstić information content (AvgIpc) is 0.763. The first-order chi connectivity index (χ1) is 68.0. The molecular formula is C91H106N18O31. The van der Waals surface area contributed by atoms with Crippen LogP contribution in [0.2, 0.25) is 0 Å². The van der Waals surface area contributed by atoms with E-state index >= 15 is 0 Å². The second-order valence-electron chi connectivity index (χ2n) is 32.6. The number of benzene rings is 6. The molecule has 0 unspecified atom stereocenters. The molecule has 6 aromatic carbocycles. The van der Waals surface area contributed by atoms with Gasteiger partial charge in [0.25, 0.3) is 0 Å². The molecule has 6 saturated heterocycles. The molecule has 30 atom stereocenters. The zero-order valence-electron chi connectivity index (χ0n) is 76.9. The molecule has 0 radical (unpaired) electrons. The van der Waals surface area contributed by atoms with Crippen molar-refractivity contribution in [2.45, 2.75) is 265 Å². The zero-order chi connectivity index (χ0) is 99.4. The van der Waals surface area contributed by atoms with Crippen molar-refractivity contribution in [1.82, 2.24) is 0 Å². The summed E-state index contributed by atoms with van der Waals surface area (Å²) < 4.78 is 155. The van der Waals surface area contributed by atoms with Gasteiger partial charge in [0, 0.05) is 78.1 Å². The van der Waals surface area contributed by atoms with Crippen LogP contribution in [-0.2, 0) is 182 Å². The lowest BCUT2D eigenvalue weighted by atomic mass is 9.93. The minimum atomic E-state index is -2.12. The third kappa shape index (κ3) is 29.7. The van der Waals surface area contributed by atoms with Crippen molar-refractivity contribution in [3.05, 3.63) is 278 Å². The van der Waals surface area contributed by atoms with Gasteiger partial charge in [0.05, 0.1) is 79.3 Å². The number of carbonyl (C=O) groups is 6. The van der Waals surface area contributed by atoms with E-state index < -0.39 is 253 Å². The molecule has 12 rings (SSSR count). The summed E-state index contributed by atoms with van der Waals surface area (Å²) in [4.78, 5) is 101. The van der Waals surface area contributed by atoms with E-state index in [1.807, 2.05) is 0 Å². The Morgan fingerprint density at radius 2 is 0.421 bits per heavy atom. The number of methoxy groups -OCH3 is 1. The first kappa shape index (κ1) is 106. The van der Waals surface area contributed by atoms with Crippen LogP contribution in [0.5, 0.6) is 0 Å². The summed E-state index contributed by atoms with van der Waals surface area (Å²) in [5.74, 6) is -6.06. The lowest BCUT2D eigenvalue weighted by molar-refractivity contribution is -0.369. The molecule has 6 heterocycles. The minimum Gasteiger partial charge on any atom is -0.459 e. The van der Waals surface area contributed by atoms with Crippen molar-refractivity contribution in [3.63, 3.8) is 0 Å². The van der Waals surface area contributed by atoms with Gasteiger partial charge in [0.1, 0.15) is 146 Å². The highest BCUT2D eigenvalue weighted by Crippen LogP contribution is 2.43. The maximum atomic E-state index is 14.2. The Bertz CT molecular complexity index is 5210. The fourth-order valence-corrected chi connectivity index (χ4v) is 16.8. The zero-order valence-corrected chi connectivity index (χ0v) is 76.9. The van der Waals surface area contributed by atoms with Gasteiger partial charge in [-0.2, -0.15) is 0 Å². The van der Waals surface area contributed by atoms with Gasteiger partial charge in [-0.1, -0.05) is 213 Å². The lowest BCUT2D eigenvalue weighted by Crippen LogP contribution is -2.68.